The summed E-state index contributed by atoms with van der Waals surface area (Å²) < 4.78 is 2.20. The van der Waals surface area contributed by atoms with E-state index in [1.54, 1.807) is 0 Å². The van der Waals surface area contributed by atoms with Crippen LogP contribution in [0.15, 0.2) is 43.0 Å². The normalized spacial score (nSPS) is 12.3. The van der Waals surface area contributed by atoms with Gasteiger partial charge in [0.05, 0.1) is 6.33 Å². The van der Waals surface area contributed by atoms with Gasteiger partial charge < -0.3 is 4.57 Å². The summed E-state index contributed by atoms with van der Waals surface area (Å²) in [6, 6.07) is 9.06. The van der Waals surface area contributed by atoms with E-state index in [9.17, 15) is 0 Å². The highest BCUT2D eigenvalue weighted by Crippen LogP contribution is 2.32. The quantitative estimate of drug-likeness (QED) is 0.122. The van der Waals surface area contributed by atoms with Gasteiger partial charge in [0.25, 0.3) is 0 Å². The Morgan fingerprint density at radius 3 is 1.43 bits per heavy atom. The van der Waals surface area contributed by atoms with E-state index in [0.29, 0.717) is 5.92 Å². The van der Waals surface area contributed by atoms with Gasteiger partial charge in [0.15, 0.2) is 0 Å². The summed E-state index contributed by atoms with van der Waals surface area (Å²) in [7, 11) is 0. The molecule has 0 unspecified atom stereocenters. The fourth-order valence-corrected chi connectivity index (χ4v) is 5.86. The Morgan fingerprint density at radius 1 is 0.568 bits per heavy atom. The fourth-order valence-electron chi connectivity index (χ4n) is 5.86. The molecule has 1 aromatic carbocycles. The van der Waals surface area contributed by atoms with Gasteiger partial charge in [0.2, 0.25) is 0 Å². The van der Waals surface area contributed by atoms with Crippen molar-refractivity contribution in [2.24, 2.45) is 0 Å². The van der Waals surface area contributed by atoms with E-state index in [1.165, 1.54) is 159 Å². The maximum atomic E-state index is 4.31. The van der Waals surface area contributed by atoms with Crippen LogP contribution in [0.1, 0.15) is 173 Å². The van der Waals surface area contributed by atoms with Crippen LogP contribution in [-0.2, 0) is 0 Å². The zero-order valence-electron chi connectivity index (χ0n) is 24.8. The van der Waals surface area contributed by atoms with Gasteiger partial charge in [-0.3, -0.25) is 0 Å². The van der Waals surface area contributed by atoms with Gasteiger partial charge in [-0.1, -0.05) is 167 Å². The van der Waals surface area contributed by atoms with Crippen molar-refractivity contribution in [3.8, 4) is 5.69 Å². The zero-order valence-corrected chi connectivity index (χ0v) is 24.8. The third kappa shape index (κ3) is 14.8. The third-order valence-corrected chi connectivity index (χ3v) is 8.22. The van der Waals surface area contributed by atoms with Crippen molar-refractivity contribution in [1.29, 1.82) is 0 Å². The van der Waals surface area contributed by atoms with Gasteiger partial charge >= 0.3 is 0 Å². The number of rotatable bonds is 25. The van der Waals surface area contributed by atoms with Crippen LogP contribution in [0.4, 0.5) is 0 Å². The number of hydrogen-bond acceptors (Lipinski definition) is 1. The molecule has 0 saturated heterocycles. The van der Waals surface area contributed by atoms with E-state index in [0.717, 1.165) is 0 Å². The summed E-state index contributed by atoms with van der Waals surface area (Å²) >= 11 is 0. The van der Waals surface area contributed by atoms with Crippen LogP contribution in [0, 0.1) is 0 Å². The molecule has 210 valence electrons. The third-order valence-electron chi connectivity index (χ3n) is 8.22. The highest BCUT2D eigenvalue weighted by molar-refractivity contribution is 5.43. The average molecular weight is 509 g/mol. The molecule has 0 aliphatic rings. The van der Waals surface area contributed by atoms with E-state index >= 15 is 0 Å². The first-order chi connectivity index (χ1) is 18.4. The first kappa shape index (κ1) is 31.6. The highest BCUT2D eigenvalue weighted by Gasteiger charge is 2.16. The van der Waals surface area contributed by atoms with Gasteiger partial charge in [-0.15, -0.1) is 0 Å². The minimum Gasteiger partial charge on any atom is -0.306 e. The van der Waals surface area contributed by atoms with Crippen molar-refractivity contribution >= 4 is 0 Å². The molecule has 0 amide bonds. The number of unbranched alkanes of at least 4 members (excludes halogenated alkanes) is 19. The largest absolute Gasteiger partial charge is 0.306 e. The Balaban J connectivity index is 1.64. The summed E-state index contributed by atoms with van der Waals surface area (Å²) in [6.45, 7) is 4.61. The van der Waals surface area contributed by atoms with E-state index < -0.39 is 0 Å². The molecule has 2 aromatic rings. The molecule has 1 aromatic heterocycles. The molecule has 0 bridgehead atoms. The van der Waals surface area contributed by atoms with Crippen LogP contribution in [0.3, 0.4) is 0 Å². The molecule has 0 spiro atoms. The number of benzene rings is 1. The van der Waals surface area contributed by atoms with Gasteiger partial charge in [0.1, 0.15) is 0 Å². The van der Waals surface area contributed by atoms with Crippen LogP contribution in [0.5, 0.6) is 0 Å². The van der Waals surface area contributed by atoms with Crippen molar-refractivity contribution in [1.82, 2.24) is 9.55 Å². The standard InChI is InChI=1S/C35H60N2/c1-3-5-7-9-11-12-13-14-15-16-17-18-19-21-23-27-33(26-22-20-10-8-6-4-2)34-28-24-25-29-35(34)37-31-30-36-32-37/h24-25,28-33H,3-23,26-27H2,1-2H3/t33-/m0/s1. The first-order valence-electron chi connectivity index (χ1n) is 16.4. The number of para-hydroxylation sites is 1. The molecule has 0 radical (unpaired) electrons. The Bertz CT molecular complexity index is 735. The Morgan fingerprint density at radius 2 is 1.00 bits per heavy atom. The zero-order chi connectivity index (χ0) is 26.2. The van der Waals surface area contributed by atoms with Gasteiger partial charge in [0, 0.05) is 18.1 Å². The second kappa shape index (κ2) is 22.4. The first-order valence-corrected chi connectivity index (χ1v) is 16.4. The van der Waals surface area contributed by atoms with Gasteiger partial charge in [-0.05, 0) is 30.4 Å². The predicted octanol–water partition coefficient (Wildman–Crippen LogP) is 12.0. The number of hydrogen-bond donors (Lipinski definition) is 0. The van der Waals surface area contributed by atoms with Crippen LogP contribution in [0.2, 0.25) is 0 Å². The molecule has 0 aliphatic heterocycles. The molecule has 0 fully saturated rings. The molecule has 2 rings (SSSR count). The topological polar surface area (TPSA) is 17.8 Å². The number of imidazole rings is 1. The number of nitrogens with zero attached hydrogens (tertiary/aromatic N) is 2. The molecule has 2 heteroatoms. The van der Waals surface area contributed by atoms with E-state index in [2.05, 4.69) is 53.9 Å². The summed E-state index contributed by atoms with van der Waals surface area (Å²) in [4.78, 5) is 4.31. The van der Waals surface area contributed by atoms with Crippen molar-refractivity contribution < 1.29 is 0 Å². The summed E-state index contributed by atoms with van der Waals surface area (Å²) in [6.07, 6.45) is 38.5. The predicted molar refractivity (Wildman–Crippen MR) is 164 cm³/mol. The average Bonchev–Trinajstić information content (AvgIpc) is 3.46. The molecule has 2 nitrogen and oxygen atoms in total. The van der Waals surface area contributed by atoms with E-state index in [-0.39, 0.29) is 0 Å². The lowest BCUT2D eigenvalue weighted by atomic mass is 9.87. The van der Waals surface area contributed by atoms with Crippen LogP contribution < -0.4 is 0 Å². The van der Waals surface area contributed by atoms with Crippen molar-refractivity contribution in [2.75, 3.05) is 0 Å². The lowest BCUT2D eigenvalue weighted by molar-refractivity contribution is 0.482. The minimum atomic E-state index is 0.673. The molecule has 0 saturated carbocycles. The smallest absolute Gasteiger partial charge is 0.0991 e. The molecule has 0 N–H and O–H groups in total. The minimum absolute atomic E-state index is 0.673. The van der Waals surface area contributed by atoms with Crippen molar-refractivity contribution in [3.63, 3.8) is 0 Å². The maximum Gasteiger partial charge on any atom is 0.0991 e. The lowest BCUT2D eigenvalue weighted by Gasteiger charge is -2.21. The van der Waals surface area contributed by atoms with Crippen molar-refractivity contribution in [3.05, 3.63) is 48.5 Å². The number of aromatic nitrogens is 2. The van der Waals surface area contributed by atoms with E-state index in [4.69, 9.17) is 0 Å². The molecule has 0 aliphatic carbocycles. The second-order valence-electron chi connectivity index (χ2n) is 11.5. The molecular weight excluding hydrogens is 448 g/mol. The van der Waals surface area contributed by atoms with Crippen molar-refractivity contribution in [2.45, 2.75) is 167 Å². The Kier molecular flexibility index (Phi) is 19.2. The SMILES string of the molecule is CCCCCCCCCCCCCCCCC[C@H](CCCCCCCC)c1ccccc1-n1ccnc1. The maximum absolute atomic E-state index is 4.31. The second-order valence-corrected chi connectivity index (χ2v) is 11.5. The van der Waals surface area contributed by atoms with Gasteiger partial charge in [-0.2, -0.15) is 0 Å². The summed E-state index contributed by atoms with van der Waals surface area (Å²) in [5.41, 5.74) is 2.86. The molecule has 1 atom stereocenters. The molecule has 1 heterocycles. The Hall–Kier alpha value is -1.57. The van der Waals surface area contributed by atoms with Crippen LogP contribution >= 0.6 is 0 Å². The monoisotopic (exact) mass is 508 g/mol. The summed E-state index contributed by atoms with van der Waals surface area (Å²) in [5.74, 6) is 0.673. The van der Waals surface area contributed by atoms with Crippen LogP contribution in [0.25, 0.3) is 5.69 Å². The lowest BCUT2D eigenvalue weighted by Crippen LogP contribution is -2.05. The highest BCUT2D eigenvalue weighted by atomic mass is 15.0. The van der Waals surface area contributed by atoms with Gasteiger partial charge in [-0.25, -0.2) is 4.98 Å². The summed E-state index contributed by atoms with van der Waals surface area (Å²) in [5, 5.41) is 0. The van der Waals surface area contributed by atoms with E-state index in [1.807, 2.05) is 12.5 Å². The Labute approximate surface area is 231 Å². The fraction of sp³-hybridized carbons (Fsp3) is 0.743. The molecular formula is C35H60N2. The molecule has 37 heavy (non-hydrogen) atoms. The van der Waals surface area contributed by atoms with Crippen LogP contribution in [-0.4, -0.2) is 9.55 Å².